The highest BCUT2D eigenvalue weighted by molar-refractivity contribution is 7.91. The molecule has 2 unspecified atom stereocenters. The van der Waals surface area contributed by atoms with Crippen LogP contribution in [0.3, 0.4) is 0 Å². The Kier molecular flexibility index (Phi) is 6.44. The van der Waals surface area contributed by atoms with Gasteiger partial charge in [-0.2, -0.15) is 8.42 Å². The van der Waals surface area contributed by atoms with Crippen LogP contribution in [-0.2, 0) is 37.6 Å². The van der Waals surface area contributed by atoms with Crippen molar-refractivity contribution in [3.8, 4) is 0 Å². The summed E-state index contributed by atoms with van der Waals surface area (Å²) in [6, 6.07) is 4.36. The van der Waals surface area contributed by atoms with Crippen LogP contribution >= 0.6 is 11.3 Å². The minimum atomic E-state index is -4.27. The third-order valence-electron chi connectivity index (χ3n) is 7.03. The molecule has 37 heavy (non-hydrogen) atoms. The predicted octanol–water partition coefficient (Wildman–Crippen LogP) is 3.32. The van der Waals surface area contributed by atoms with E-state index >= 15 is 0 Å². The van der Waals surface area contributed by atoms with Crippen LogP contribution in [0.15, 0.2) is 44.2 Å². The number of thiophene rings is 1. The van der Waals surface area contributed by atoms with Gasteiger partial charge in [-0.25, -0.2) is 12.8 Å². The van der Waals surface area contributed by atoms with E-state index in [1.165, 1.54) is 6.07 Å². The van der Waals surface area contributed by atoms with Gasteiger partial charge in [-0.05, 0) is 54.3 Å². The average molecular weight is 568 g/mol. The van der Waals surface area contributed by atoms with E-state index in [4.69, 9.17) is 0 Å². The SMILES string of the molecule is Cc1cc(CN2C(=O)C(C3=NS(=O)(=O)c4c(CCS(C)(=O)=O)csc4N3)=C(O)C3CCCC32)ccc1F. The molecule has 3 heterocycles. The van der Waals surface area contributed by atoms with Crippen LogP contribution in [0, 0.1) is 18.7 Å². The molecule has 1 amide bonds. The molecule has 1 aliphatic carbocycles. The Morgan fingerprint density at radius 2 is 2.05 bits per heavy atom. The van der Waals surface area contributed by atoms with Gasteiger partial charge in [0.2, 0.25) is 0 Å². The van der Waals surface area contributed by atoms with Crippen molar-refractivity contribution >= 4 is 47.9 Å². The number of nitrogens with zero attached hydrogens (tertiary/aromatic N) is 2. The maximum absolute atomic E-state index is 13.8. The highest BCUT2D eigenvalue weighted by atomic mass is 32.2. The Labute approximate surface area is 218 Å². The van der Waals surface area contributed by atoms with Crippen LogP contribution in [0.2, 0.25) is 0 Å². The fourth-order valence-corrected chi connectivity index (χ4v) is 8.52. The summed E-state index contributed by atoms with van der Waals surface area (Å²) in [6.07, 6.45) is 3.19. The van der Waals surface area contributed by atoms with Gasteiger partial charge in [0.1, 0.15) is 36.9 Å². The van der Waals surface area contributed by atoms with Crippen LogP contribution < -0.4 is 5.32 Å². The van der Waals surface area contributed by atoms with E-state index in [-0.39, 0.29) is 63.6 Å². The number of carbonyl (C=O) groups excluding carboxylic acids is 1. The molecule has 3 aliphatic rings. The van der Waals surface area contributed by atoms with E-state index < -0.39 is 25.8 Å². The highest BCUT2D eigenvalue weighted by Crippen LogP contribution is 2.43. The fourth-order valence-electron chi connectivity index (χ4n) is 5.26. The number of rotatable bonds is 6. The summed E-state index contributed by atoms with van der Waals surface area (Å²) in [6.45, 7) is 1.82. The highest BCUT2D eigenvalue weighted by Gasteiger charge is 2.47. The minimum Gasteiger partial charge on any atom is -0.511 e. The summed E-state index contributed by atoms with van der Waals surface area (Å²) in [7, 11) is -7.58. The van der Waals surface area contributed by atoms with Crippen LogP contribution in [-0.4, -0.2) is 56.6 Å². The summed E-state index contributed by atoms with van der Waals surface area (Å²) in [5, 5.41) is 15.8. The van der Waals surface area contributed by atoms with Gasteiger partial charge < -0.3 is 15.3 Å². The van der Waals surface area contributed by atoms with Crippen molar-refractivity contribution in [1.82, 2.24) is 4.90 Å². The van der Waals surface area contributed by atoms with Gasteiger partial charge in [-0.3, -0.25) is 4.79 Å². The molecule has 0 radical (unpaired) electrons. The zero-order chi connectivity index (χ0) is 26.7. The van der Waals surface area contributed by atoms with Gasteiger partial charge in [0.05, 0.1) is 5.75 Å². The van der Waals surface area contributed by atoms with Crippen molar-refractivity contribution in [2.24, 2.45) is 10.3 Å². The van der Waals surface area contributed by atoms with Crippen molar-refractivity contribution in [1.29, 1.82) is 0 Å². The Hall–Kier alpha value is -2.77. The number of carbonyl (C=O) groups is 1. The second-order valence-electron chi connectivity index (χ2n) is 9.72. The van der Waals surface area contributed by atoms with E-state index in [1.807, 2.05) is 0 Å². The normalized spacial score (nSPS) is 22.9. The fraction of sp³-hybridized carbons (Fsp3) is 0.417. The number of aryl methyl sites for hydroxylation is 2. The molecule has 198 valence electrons. The first-order valence-corrected chi connectivity index (χ1v) is 16.1. The molecule has 2 atom stereocenters. The molecule has 2 aliphatic heterocycles. The first-order chi connectivity index (χ1) is 17.4. The van der Waals surface area contributed by atoms with Crippen molar-refractivity contribution in [3.63, 3.8) is 0 Å². The quantitative estimate of drug-likeness (QED) is 0.547. The lowest BCUT2D eigenvalue weighted by Gasteiger charge is -2.38. The second kappa shape index (κ2) is 9.21. The lowest BCUT2D eigenvalue weighted by molar-refractivity contribution is -0.132. The van der Waals surface area contributed by atoms with Gasteiger partial charge in [0.15, 0.2) is 5.84 Å². The molecular weight excluding hydrogens is 541 g/mol. The van der Waals surface area contributed by atoms with Gasteiger partial charge >= 0.3 is 0 Å². The molecule has 13 heteroatoms. The Morgan fingerprint density at radius 1 is 1.30 bits per heavy atom. The molecule has 2 N–H and O–H groups in total. The summed E-state index contributed by atoms with van der Waals surface area (Å²) in [5.41, 5.74) is 1.31. The molecule has 0 bridgehead atoms. The molecule has 9 nitrogen and oxygen atoms in total. The van der Waals surface area contributed by atoms with Crippen LogP contribution in [0.4, 0.5) is 9.39 Å². The zero-order valence-electron chi connectivity index (χ0n) is 20.2. The molecule has 5 rings (SSSR count). The first-order valence-electron chi connectivity index (χ1n) is 11.8. The third kappa shape index (κ3) is 4.79. The largest absolute Gasteiger partial charge is 0.511 e. The lowest BCUT2D eigenvalue weighted by atomic mass is 9.89. The number of aliphatic hydroxyl groups is 1. The molecule has 2 aromatic rings. The number of sulfone groups is 1. The standard InChI is InChI=1S/C24H26FN3O6S3/c1-13-10-14(6-7-17(13)25)11-28-18-5-3-4-16(18)20(29)19(24(28)30)22-26-23-21(37(33,34)27-22)15(12-35-23)8-9-36(2,31)32/h6-7,10,12,16,18,29H,3-5,8-9,11H2,1-2H3,(H,26,27). The number of anilines is 1. The molecule has 1 aromatic carbocycles. The average Bonchev–Trinajstić information content (AvgIpc) is 3.45. The van der Waals surface area contributed by atoms with Gasteiger partial charge in [-0.1, -0.05) is 18.6 Å². The Morgan fingerprint density at radius 3 is 2.76 bits per heavy atom. The summed E-state index contributed by atoms with van der Waals surface area (Å²) < 4.78 is 67.2. The van der Waals surface area contributed by atoms with Gasteiger partial charge in [0, 0.05) is 24.8 Å². The molecule has 1 saturated carbocycles. The van der Waals surface area contributed by atoms with E-state index in [0.717, 1.165) is 29.6 Å². The van der Waals surface area contributed by atoms with Gasteiger partial charge in [-0.15, -0.1) is 15.7 Å². The van der Waals surface area contributed by atoms with Crippen molar-refractivity contribution in [3.05, 3.63) is 57.4 Å². The zero-order valence-corrected chi connectivity index (χ0v) is 22.6. The number of halogens is 1. The van der Waals surface area contributed by atoms with Crippen molar-refractivity contribution in [2.75, 3.05) is 17.3 Å². The number of aliphatic hydroxyl groups excluding tert-OH is 1. The van der Waals surface area contributed by atoms with Crippen LogP contribution in [0.1, 0.15) is 36.0 Å². The summed E-state index contributed by atoms with van der Waals surface area (Å²) in [4.78, 5) is 15.2. The number of amidine groups is 1. The number of hydrogen-bond donors (Lipinski definition) is 2. The number of nitrogens with one attached hydrogen (secondary N) is 1. The first kappa shape index (κ1) is 25.9. The second-order valence-corrected chi connectivity index (χ2v) is 14.4. The number of sulfonamides is 1. The van der Waals surface area contributed by atoms with Crippen LogP contribution in [0.25, 0.3) is 0 Å². The predicted molar refractivity (Wildman–Crippen MR) is 138 cm³/mol. The van der Waals surface area contributed by atoms with Crippen LogP contribution in [0.5, 0.6) is 0 Å². The van der Waals surface area contributed by atoms with Crippen molar-refractivity contribution in [2.45, 2.75) is 50.1 Å². The summed E-state index contributed by atoms with van der Waals surface area (Å²) >= 11 is 1.07. The van der Waals surface area contributed by atoms with Crippen molar-refractivity contribution < 1.29 is 31.1 Å². The number of fused-ring (bicyclic) bond motifs is 2. The molecule has 0 spiro atoms. The lowest BCUT2D eigenvalue weighted by Crippen LogP contribution is -2.49. The monoisotopic (exact) mass is 567 g/mol. The number of hydrogen-bond acceptors (Lipinski definition) is 8. The Balaban J connectivity index is 1.51. The number of benzene rings is 1. The molecule has 1 fully saturated rings. The molecule has 0 saturated heterocycles. The topological polar surface area (TPSA) is 133 Å². The number of amides is 1. The van der Waals surface area contributed by atoms with E-state index in [0.29, 0.717) is 24.0 Å². The minimum absolute atomic E-state index is 0.0118. The molecular formula is C24H26FN3O6S3. The third-order valence-corrected chi connectivity index (χ3v) is 10.5. The van der Waals surface area contributed by atoms with E-state index in [2.05, 4.69) is 9.71 Å². The maximum atomic E-state index is 13.8. The van der Waals surface area contributed by atoms with E-state index in [9.17, 15) is 31.1 Å². The van der Waals surface area contributed by atoms with E-state index in [1.54, 1.807) is 29.3 Å². The Bertz CT molecular complexity index is 1580. The smallest absolute Gasteiger partial charge is 0.287 e. The summed E-state index contributed by atoms with van der Waals surface area (Å²) in [5.74, 6) is -1.92. The van der Waals surface area contributed by atoms with Gasteiger partial charge in [0.25, 0.3) is 15.9 Å². The maximum Gasteiger partial charge on any atom is 0.287 e. The molecule has 1 aromatic heterocycles.